The van der Waals surface area contributed by atoms with Crippen molar-refractivity contribution in [3.8, 4) is 0 Å². The molecule has 3 aromatic heterocycles. The number of nitrogens with zero attached hydrogens (tertiary/aromatic N) is 6. The molecule has 24 heavy (non-hydrogen) atoms. The van der Waals surface area contributed by atoms with Crippen molar-refractivity contribution in [2.45, 2.75) is 25.8 Å². The zero-order valence-corrected chi connectivity index (χ0v) is 13.6. The number of rotatable bonds is 5. The highest BCUT2D eigenvalue weighted by atomic mass is 15.3. The maximum atomic E-state index is 4.47. The molecule has 0 bridgehead atoms. The van der Waals surface area contributed by atoms with Gasteiger partial charge in [0, 0.05) is 25.1 Å². The van der Waals surface area contributed by atoms with Gasteiger partial charge in [0.15, 0.2) is 5.65 Å². The molecule has 0 aromatic carbocycles. The third kappa shape index (κ3) is 3.51. The number of fused-ring (bicyclic) bond motifs is 1. The summed E-state index contributed by atoms with van der Waals surface area (Å²) in [5, 5.41) is 7.71. The molecule has 0 unspecified atom stereocenters. The Bertz CT molecular complexity index is 807. The van der Waals surface area contributed by atoms with Crippen LogP contribution in [-0.4, -0.2) is 49.3 Å². The monoisotopic (exact) mass is 323 g/mol. The summed E-state index contributed by atoms with van der Waals surface area (Å²) in [4.78, 5) is 15.4. The molecule has 1 saturated heterocycles. The molecule has 7 nitrogen and oxygen atoms in total. The Labute approximate surface area is 140 Å². The van der Waals surface area contributed by atoms with Gasteiger partial charge in [0.2, 0.25) is 0 Å². The standard InChI is InChI=1S/C17H21N7/c1-2-8-23(9-3-1)10-11-24-13-14(12-20-24)21-16-5-4-15-17(22-16)19-7-6-18-15/h4-7,12-13H,1-3,8-11H2,(H,19,21,22). The summed E-state index contributed by atoms with van der Waals surface area (Å²) >= 11 is 0. The SMILES string of the molecule is c1cnc2nc(Nc3cnn(CCN4CCCCC4)c3)ccc2n1. The van der Waals surface area contributed by atoms with Crippen molar-refractivity contribution in [3.05, 3.63) is 36.9 Å². The normalized spacial score (nSPS) is 15.7. The fourth-order valence-corrected chi connectivity index (χ4v) is 3.05. The third-order valence-electron chi connectivity index (χ3n) is 4.33. The van der Waals surface area contributed by atoms with Crippen LogP contribution in [0.2, 0.25) is 0 Å². The molecule has 0 aliphatic carbocycles. The van der Waals surface area contributed by atoms with E-state index in [1.165, 1.54) is 32.4 Å². The molecule has 4 heterocycles. The van der Waals surface area contributed by atoms with Gasteiger partial charge in [-0.3, -0.25) is 9.67 Å². The van der Waals surface area contributed by atoms with Crippen LogP contribution in [0.15, 0.2) is 36.9 Å². The van der Waals surface area contributed by atoms with Crippen molar-refractivity contribution in [2.75, 3.05) is 25.0 Å². The van der Waals surface area contributed by atoms with Crippen LogP contribution in [-0.2, 0) is 6.54 Å². The lowest BCUT2D eigenvalue weighted by molar-refractivity contribution is 0.218. The van der Waals surface area contributed by atoms with E-state index in [9.17, 15) is 0 Å². The summed E-state index contributed by atoms with van der Waals surface area (Å²) in [6.45, 7) is 4.41. The summed E-state index contributed by atoms with van der Waals surface area (Å²) < 4.78 is 1.98. The van der Waals surface area contributed by atoms with Crippen molar-refractivity contribution in [3.63, 3.8) is 0 Å². The van der Waals surface area contributed by atoms with E-state index >= 15 is 0 Å². The second-order valence-corrected chi connectivity index (χ2v) is 6.11. The molecule has 124 valence electrons. The van der Waals surface area contributed by atoms with Crippen LogP contribution in [0.1, 0.15) is 19.3 Å². The van der Waals surface area contributed by atoms with Crippen LogP contribution in [0.5, 0.6) is 0 Å². The minimum atomic E-state index is 0.639. The Morgan fingerprint density at radius 1 is 1.00 bits per heavy atom. The first-order valence-electron chi connectivity index (χ1n) is 8.46. The van der Waals surface area contributed by atoms with Crippen LogP contribution in [0, 0.1) is 0 Å². The molecule has 0 amide bonds. The van der Waals surface area contributed by atoms with Gasteiger partial charge in [0.25, 0.3) is 0 Å². The molecule has 7 heteroatoms. The molecule has 1 aliphatic heterocycles. The lowest BCUT2D eigenvalue weighted by Crippen LogP contribution is -2.32. The summed E-state index contributed by atoms with van der Waals surface area (Å²) in [5.41, 5.74) is 2.37. The van der Waals surface area contributed by atoms with Crippen molar-refractivity contribution in [2.24, 2.45) is 0 Å². The summed E-state index contributed by atoms with van der Waals surface area (Å²) in [6.07, 6.45) is 11.2. The van der Waals surface area contributed by atoms with E-state index in [1.807, 2.05) is 29.2 Å². The number of hydrogen-bond donors (Lipinski definition) is 1. The Hall–Kier alpha value is -2.54. The van der Waals surface area contributed by atoms with Crippen LogP contribution in [0.4, 0.5) is 11.5 Å². The fraction of sp³-hybridized carbons (Fsp3) is 0.412. The maximum absolute atomic E-state index is 4.47. The number of anilines is 2. The van der Waals surface area contributed by atoms with E-state index in [2.05, 4.69) is 30.3 Å². The van der Waals surface area contributed by atoms with Gasteiger partial charge in [-0.25, -0.2) is 9.97 Å². The average Bonchev–Trinajstić information content (AvgIpc) is 3.08. The van der Waals surface area contributed by atoms with Crippen LogP contribution in [0.3, 0.4) is 0 Å². The molecule has 1 fully saturated rings. The zero-order chi connectivity index (χ0) is 16.2. The lowest BCUT2D eigenvalue weighted by Gasteiger charge is -2.26. The Balaban J connectivity index is 1.38. The van der Waals surface area contributed by atoms with E-state index in [0.717, 1.165) is 30.1 Å². The number of nitrogens with one attached hydrogen (secondary N) is 1. The number of likely N-dealkylation sites (tertiary alicyclic amines) is 1. The van der Waals surface area contributed by atoms with E-state index in [0.29, 0.717) is 5.65 Å². The lowest BCUT2D eigenvalue weighted by atomic mass is 10.1. The predicted octanol–water partition coefficient (Wildman–Crippen LogP) is 2.45. The molecular weight excluding hydrogens is 302 g/mol. The van der Waals surface area contributed by atoms with Crippen LogP contribution < -0.4 is 5.32 Å². The van der Waals surface area contributed by atoms with Crippen molar-refractivity contribution >= 4 is 22.7 Å². The van der Waals surface area contributed by atoms with Gasteiger partial charge in [0.1, 0.15) is 11.3 Å². The zero-order valence-electron chi connectivity index (χ0n) is 13.6. The molecule has 3 aromatic rings. The number of pyridine rings is 1. The second kappa shape index (κ2) is 6.92. The topological polar surface area (TPSA) is 71.8 Å². The fourth-order valence-electron chi connectivity index (χ4n) is 3.05. The third-order valence-corrected chi connectivity index (χ3v) is 4.33. The summed E-state index contributed by atoms with van der Waals surface area (Å²) in [5.74, 6) is 0.749. The number of hydrogen-bond acceptors (Lipinski definition) is 6. The van der Waals surface area contributed by atoms with Gasteiger partial charge in [-0.1, -0.05) is 6.42 Å². The quantitative estimate of drug-likeness (QED) is 0.777. The van der Waals surface area contributed by atoms with E-state index in [1.54, 1.807) is 12.4 Å². The maximum Gasteiger partial charge on any atom is 0.180 e. The van der Waals surface area contributed by atoms with Gasteiger partial charge in [-0.2, -0.15) is 5.10 Å². The number of piperidine rings is 1. The van der Waals surface area contributed by atoms with Crippen molar-refractivity contribution in [1.29, 1.82) is 0 Å². The first kappa shape index (κ1) is 15.0. The predicted molar refractivity (Wildman–Crippen MR) is 93.1 cm³/mol. The first-order valence-corrected chi connectivity index (χ1v) is 8.46. The Kier molecular flexibility index (Phi) is 4.33. The van der Waals surface area contributed by atoms with Gasteiger partial charge in [-0.05, 0) is 38.1 Å². The highest BCUT2D eigenvalue weighted by molar-refractivity contribution is 5.72. The average molecular weight is 323 g/mol. The van der Waals surface area contributed by atoms with E-state index < -0.39 is 0 Å². The number of aromatic nitrogens is 5. The molecule has 1 aliphatic rings. The summed E-state index contributed by atoms with van der Waals surface area (Å²) in [6, 6.07) is 3.82. The van der Waals surface area contributed by atoms with Gasteiger partial charge in [-0.15, -0.1) is 0 Å². The highest BCUT2D eigenvalue weighted by Crippen LogP contribution is 2.16. The van der Waals surface area contributed by atoms with Gasteiger partial charge >= 0.3 is 0 Å². The van der Waals surface area contributed by atoms with E-state index in [-0.39, 0.29) is 0 Å². The van der Waals surface area contributed by atoms with Crippen molar-refractivity contribution in [1.82, 2.24) is 29.6 Å². The van der Waals surface area contributed by atoms with Crippen LogP contribution >= 0.6 is 0 Å². The Morgan fingerprint density at radius 2 is 1.88 bits per heavy atom. The second-order valence-electron chi connectivity index (χ2n) is 6.11. The molecule has 0 radical (unpaired) electrons. The van der Waals surface area contributed by atoms with Crippen molar-refractivity contribution < 1.29 is 0 Å². The molecule has 4 rings (SSSR count). The Morgan fingerprint density at radius 3 is 2.79 bits per heavy atom. The molecular formula is C17H21N7. The first-order chi connectivity index (χ1) is 11.9. The van der Waals surface area contributed by atoms with Crippen LogP contribution in [0.25, 0.3) is 11.2 Å². The summed E-state index contributed by atoms with van der Waals surface area (Å²) in [7, 11) is 0. The van der Waals surface area contributed by atoms with Gasteiger partial charge < -0.3 is 10.2 Å². The molecule has 0 saturated carbocycles. The largest absolute Gasteiger partial charge is 0.338 e. The van der Waals surface area contributed by atoms with Gasteiger partial charge in [0.05, 0.1) is 18.4 Å². The molecule has 0 spiro atoms. The minimum absolute atomic E-state index is 0.639. The molecule has 1 N–H and O–H groups in total. The minimum Gasteiger partial charge on any atom is -0.338 e. The molecule has 0 atom stereocenters. The highest BCUT2D eigenvalue weighted by Gasteiger charge is 2.10. The smallest absolute Gasteiger partial charge is 0.180 e. The van der Waals surface area contributed by atoms with E-state index in [4.69, 9.17) is 0 Å².